The molecule has 6 heteroatoms. The Labute approximate surface area is 112 Å². The van der Waals surface area contributed by atoms with Crippen LogP contribution < -0.4 is 4.90 Å². The van der Waals surface area contributed by atoms with E-state index in [2.05, 4.69) is 15.9 Å². The first kappa shape index (κ1) is 13.3. The highest BCUT2D eigenvalue weighted by molar-refractivity contribution is 5.55. The van der Waals surface area contributed by atoms with Gasteiger partial charge in [-0.2, -0.15) is 5.26 Å². The number of hydrogen-bond donors (Lipinski definition) is 0. The maximum atomic E-state index is 10.8. The summed E-state index contributed by atoms with van der Waals surface area (Å²) in [5, 5.41) is 19.4. The summed E-state index contributed by atoms with van der Waals surface area (Å²) < 4.78 is 0. The molecule has 0 atom stereocenters. The van der Waals surface area contributed by atoms with Crippen molar-refractivity contribution in [2.75, 3.05) is 37.6 Å². The fraction of sp³-hybridized carbons (Fsp3) is 0.462. The molecular formula is C13H16N4O2. The molecule has 19 heavy (non-hydrogen) atoms. The predicted molar refractivity (Wildman–Crippen MR) is 72.1 cm³/mol. The van der Waals surface area contributed by atoms with Crippen LogP contribution in [0.1, 0.15) is 5.56 Å². The van der Waals surface area contributed by atoms with E-state index in [1.165, 1.54) is 0 Å². The smallest absolute Gasteiger partial charge is 0.272 e. The molecule has 1 heterocycles. The van der Waals surface area contributed by atoms with Crippen molar-refractivity contribution in [3.05, 3.63) is 33.9 Å². The normalized spacial score (nSPS) is 16.1. The second kappa shape index (κ2) is 5.67. The van der Waals surface area contributed by atoms with E-state index < -0.39 is 0 Å². The Morgan fingerprint density at radius 3 is 2.58 bits per heavy atom. The second-order valence-corrected chi connectivity index (χ2v) is 4.65. The lowest BCUT2D eigenvalue weighted by Gasteiger charge is -2.35. The molecule has 1 fully saturated rings. The Balaban J connectivity index is 2.06. The number of rotatable bonds is 3. The van der Waals surface area contributed by atoms with Gasteiger partial charge >= 0.3 is 0 Å². The molecule has 0 bridgehead atoms. The average Bonchev–Trinajstić information content (AvgIpc) is 2.39. The van der Waals surface area contributed by atoms with E-state index in [0.29, 0.717) is 12.1 Å². The van der Waals surface area contributed by atoms with Crippen LogP contribution in [0.15, 0.2) is 18.2 Å². The Morgan fingerprint density at radius 1 is 1.37 bits per heavy atom. The largest absolute Gasteiger partial charge is 0.369 e. The first-order valence-corrected chi connectivity index (χ1v) is 6.21. The molecular weight excluding hydrogens is 244 g/mol. The first-order valence-electron chi connectivity index (χ1n) is 6.21. The molecule has 100 valence electrons. The van der Waals surface area contributed by atoms with E-state index in [4.69, 9.17) is 5.26 Å². The molecule has 1 aliphatic heterocycles. The lowest BCUT2D eigenvalue weighted by molar-refractivity contribution is -0.385. The minimum Gasteiger partial charge on any atom is -0.369 e. The molecule has 1 aromatic rings. The van der Waals surface area contributed by atoms with Gasteiger partial charge in [-0.25, -0.2) is 0 Å². The zero-order valence-electron chi connectivity index (χ0n) is 10.9. The van der Waals surface area contributed by atoms with Gasteiger partial charge < -0.3 is 4.90 Å². The van der Waals surface area contributed by atoms with Crippen LogP contribution in [0, 0.1) is 28.4 Å². The summed E-state index contributed by atoms with van der Waals surface area (Å²) >= 11 is 0. The van der Waals surface area contributed by atoms with Crippen molar-refractivity contribution in [3.8, 4) is 6.07 Å². The maximum Gasteiger partial charge on any atom is 0.272 e. The molecule has 0 N–H and O–H groups in total. The number of piperazine rings is 1. The molecule has 0 spiro atoms. The van der Waals surface area contributed by atoms with Gasteiger partial charge in [-0.3, -0.25) is 15.0 Å². The van der Waals surface area contributed by atoms with E-state index in [0.717, 1.165) is 31.9 Å². The number of nitro groups is 1. The van der Waals surface area contributed by atoms with Crippen LogP contribution in [0.2, 0.25) is 0 Å². The summed E-state index contributed by atoms with van der Waals surface area (Å²) in [4.78, 5) is 14.7. The zero-order valence-corrected chi connectivity index (χ0v) is 10.9. The van der Waals surface area contributed by atoms with Crippen LogP contribution >= 0.6 is 0 Å². The molecule has 1 aromatic carbocycles. The van der Waals surface area contributed by atoms with Crippen molar-refractivity contribution in [1.29, 1.82) is 5.26 Å². The van der Waals surface area contributed by atoms with Crippen molar-refractivity contribution >= 4 is 11.4 Å². The fourth-order valence-corrected chi connectivity index (χ4v) is 2.31. The van der Waals surface area contributed by atoms with Gasteiger partial charge in [-0.15, -0.1) is 0 Å². The van der Waals surface area contributed by atoms with Crippen molar-refractivity contribution in [1.82, 2.24) is 4.90 Å². The summed E-state index contributed by atoms with van der Waals surface area (Å²) in [6.45, 7) is 5.62. The lowest BCUT2D eigenvalue weighted by atomic mass is 10.1. The molecule has 0 saturated carbocycles. The highest BCUT2D eigenvalue weighted by Crippen LogP contribution is 2.24. The summed E-state index contributed by atoms with van der Waals surface area (Å²) in [5.74, 6) is 0. The third-order valence-electron chi connectivity index (χ3n) is 3.41. The molecule has 6 nitrogen and oxygen atoms in total. The van der Waals surface area contributed by atoms with Gasteiger partial charge in [0.2, 0.25) is 0 Å². The molecule has 0 aliphatic carbocycles. The van der Waals surface area contributed by atoms with Crippen LogP contribution in [0.3, 0.4) is 0 Å². The van der Waals surface area contributed by atoms with E-state index in [1.54, 1.807) is 19.1 Å². The van der Waals surface area contributed by atoms with Gasteiger partial charge in [0.1, 0.15) is 0 Å². The Hall–Kier alpha value is -2.13. The number of hydrogen-bond acceptors (Lipinski definition) is 5. The fourth-order valence-electron chi connectivity index (χ4n) is 2.31. The van der Waals surface area contributed by atoms with Gasteiger partial charge in [0.15, 0.2) is 0 Å². The number of anilines is 1. The topological polar surface area (TPSA) is 73.4 Å². The standard InChI is InChI=1S/C13H16N4O2/c1-11-10-12(2-3-13(11)17(18)19)16-8-6-15(5-4-14)7-9-16/h2-3,10H,5-9H2,1H3. The highest BCUT2D eigenvalue weighted by Gasteiger charge is 2.18. The predicted octanol–water partition coefficient (Wildman–Crippen LogP) is 1.55. The first-order chi connectivity index (χ1) is 9.11. The lowest BCUT2D eigenvalue weighted by Crippen LogP contribution is -2.46. The SMILES string of the molecule is Cc1cc(N2CCN(CC#N)CC2)ccc1[N+](=O)[O-]. The van der Waals surface area contributed by atoms with Crippen molar-refractivity contribution in [2.24, 2.45) is 0 Å². The molecule has 2 rings (SSSR count). The minimum absolute atomic E-state index is 0.159. The quantitative estimate of drug-likeness (QED) is 0.468. The molecule has 0 unspecified atom stereocenters. The average molecular weight is 260 g/mol. The number of nitrogens with zero attached hydrogens (tertiary/aromatic N) is 4. The van der Waals surface area contributed by atoms with E-state index in [9.17, 15) is 10.1 Å². The Bertz CT molecular complexity index is 516. The van der Waals surface area contributed by atoms with Crippen LogP contribution in [0.25, 0.3) is 0 Å². The van der Waals surface area contributed by atoms with Gasteiger partial charge in [0.25, 0.3) is 5.69 Å². The van der Waals surface area contributed by atoms with E-state index in [-0.39, 0.29) is 10.6 Å². The van der Waals surface area contributed by atoms with E-state index in [1.807, 2.05) is 6.07 Å². The summed E-state index contributed by atoms with van der Waals surface area (Å²) in [6, 6.07) is 7.37. The van der Waals surface area contributed by atoms with Gasteiger partial charge in [0.05, 0.1) is 17.5 Å². The third-order valence-corrected chi connectivity index (χ3v) is 3.41. The third kappa shape index (κ3) is 3.01. The molecule has 1 saturated heterocycles. The van der Waals surface area contributed by atoms with Gasteiger partial charge in [-0.1, -0.05) is 0 Å². The summed E-state index contributed by atoms with van der Waals surface area (Å²) in [6.07, 6.45) is 0. The molecule has 1 aliphatic rings. The number of aryl methyl sites for hydroxylation is 1. The van der Waals surface area contributed by atoms with Crippen molar-refractivity contribution < 1.29 is 4.92 Å². The Kier molecular flexibility index (Phi) is 3.97. The Morgan fingerprint density at radius 2 is 2.05 bits per heavy atom. The molecule has 0 aromatic heterocycles. The summed E-state index contributed by atoms with van der Waals surface area (Å²) in [5.41, 5.74) is 1.86. The van der Waals surface area contributed by atoms with Gasteiger partial charge in [0, 0.05) is 43.5 Å². The number of nitro benzene ring substituents is 1. The van der Waals surface area contributed by atoms with Crippen LogP contribution in [0.4, 0.5) is 11.4 Å². The van der Waals surface area contributed by atoms with Crippen LogP contribution in [-0.2, 0) is 0 Å². The van der Waals surface area contributed by atoms with E-state index >= 15 is 0 Å². The highest BCUT2D eigenvalue weighted by atomic mass is 16.6. The van der Waals surface area contributed by atoms with Crippen LogP contribution in [0.5, 0.6) is 0 Å². The second-order valence-electron chi connectivity index (χ2n) is 4.65. The zero-order chi connectivity index (χ0) is 13.8. The summed E-state index contributed by atoms with van der Waals surface area (Å²) in [7, 11) is 0. The number of nitriles is 1. The van der Waals surface area contributed by atoms with Crippen molar-refractivity contribution in [2.45, 2.75) is 6.92 Å². The molecule has 0 amide bonds. The number of benzene rings is 1. The van der Waals surface area contributed by atoms with Gasteiger partial charge in [-0.05, 0) is 19.1 Å². The minimum atomic E-state index is -0.357. The monoisotopic (exact) mass is 260 g/mol. The molecule has 0 radical (unpaired) electrons. The van der Waals surface area contributed by atoms with Crippen molar-refractivity contribution in [3.63, 3.8) is 0 Å². The van der Waals surface area contributed by atoms with Crippen LogP contribution in [-0.4, -0.2) is 42.5 Å². The maximum absolute atomic E-state index is 10.8.